The maximum absolute atomic E-state index is 13.0. The molecule has 1 aromatic heterocycles. The van der Waals surface area contributed by atoms with Crippen molar-refractivity contribution in [3.63, 3.8) is 0 Å². The Morgan fingerprint density at radius 2 is 1.69 bits per heavy atom. The number of carbonyl (C=O) groups excluding carboxylic acids is 1. The molecule has 3 aromatic rings. The first-order chi connectivity index (χ1) is 14.1. The van der Waals surface area contributed by atoms with Crippen LogP contribution in [0.1, 0.15) is 22.3 Å². The first kappa shape index (κ1) is 19.5. The number of hydrogen-bond donors (Lipinski definition) is 1. The monoisotopic (exact) mass is 397 g/mol. The third-order valence-corrected chi connectivity index (χ3v) is 5.49. The molecule has 2 heterocycles. The van der Waals surface area contributed by atoms with E-state index >= 15 is 0 Å². The van der Waals surface area contributed by atoms with E-state index in [-0.39, 0.29) is 11.6 Å². The van der Waals surface area contributed by atoms with Crippen LogP contribution in [0.4, 0.5) is 4.39 Å². The lowest BCUT2D eigenvalue weighted by molar-refractivity contribution is 0.0929. The molecule has 0 unspecified atom stereocenters. The predicted octanol–water partition coefficient (Wildman–Crippen LogP) is 2.69. The van der Waals surface area contributed by atoms with Crippen molar-refractivity contribution in [1.29, 1.82) is 0 Å². The Morgan fingerprint density at radius 3 is 2.41 bits per heavy atom. The standard InChI is InChI=1S/C22H24FN3O3/c23-18-4-1-16(2-5-18)7-9-25-11-13-26(14-12-25)10-8-20(27)17-3-6-19-21(15-17)29-22(28)24-19/h1-6,15H,7-14H2,(H,24,28). The number of halogens is 1. The van der Waals surface area contributed by atoms with Crippen LogP contribution in [0.15, 0.2) is 51.7 Å². The number of oxazole rings is 1. The number of Topliss-reactive ketones (excluding diaryl/α,β-unsaturated/α-hetero) is 1. The van der Waals surface area contributed by atoms with E-state index in [1.165, 1.54) is 12.1 Å². The van der Waals surface area contributed by atoms with Gasteiger partial charge < -0.3 is 14.2 Å². The Hall–Kier alpha value is -2.77. The van der Waals surface area contributed by atoms with Gasteiger partial charge in [0.15, 0.2) is 11.4 Å². The van der Waals surface area contributed by atoms with Crippen LogP contribution < -0.4 is 5.76 Å². The van der Waals surface area contributed by atoms with E-state index in [9.17, 15) is 14.0 Å². The van der Waals surface area contributed by atoms with Crippen LogP contribution >= 0.6 is 0 Å². The maximum Gasteiger partial charge on any atom is 0.417 e. The highest BCUT2D eigenvalue weighted by Crippen LogP contribution is 2.14. The van der Waals surface area contributed by atoms with Gasteiger partial charge in [-0.25, -0.2) is 9.18 Å². The van der Waals surface area contributed by atoms with Gasteiger partial charge in [-0.05, 0) is 42.3 Å². The van der Waals surface area contributed by atoms with Crippen molar-refractivity contribution in [2.24, 2.45) is 0 Å². The molecule has 6 nitrogen and oxygen atoms in total. The molecular formula is C22H24FN3O3. The molecule has 0 atom stereocenters. The first-order valence-electron chi connectivity index (χ1n) is 9.92. The molecule has 29 heavy (non-hydrogen) atoms. The van der Waals surface area contributed by atoms with E-state index in [1.54, 1.807) is 18.2 Å². The highest BCUT2D eigenvalue weighted by molar-refractivity contribution is 5.98. The normalized spacial score (nSPS) is 15.8. The summed E-state index contributed by atoms with van der Waals surface area (Å²) in [4.78, 5) is 31.0. The zero-order valence-corrected chi connectivity index (χ0v) is 16.2. The van der Waals surface area contributed by atoms with Crippen molar-refractivity contribution < 1.29 is 13.6 Å². The smallest absolute Gasteiger partial charge is 0.408 e. The molecule has 0 spiro atoms. The molecule has 1 aliphatic heterocycles. The second-order valence-corrected chi connectivity index (χ2v) is 7.46. The second-order valence-electron chi connectivity index (χ2n) is 7.46. The third-order valence-electron chi connectivity index (χ3n) is 5.49. The summed E-state index contributed by atoms with van der Waals surface area (Å²) in [6.07, 6.45) is 1.35. The zero-order valence-electron chi connectivity index (χ0n) is 16.2. The highest BCUT2D eigenvalue weighted by Gasteiger charge is 2.18. The molecule has 0 radical (unpaired) electrons. The SMILES string of the molecule is O=C(CCN1CCN(CCc2ccc(F)cc2)CC1)c1ccc2[nH]c(=O)oc2c1. The van der Waals surface area contributed by atoms with E-state index in [0.29, 0.717) is 23.1 Å². The quantitative estimate of drug-likeness (QED) is 0.621. The van der Waals surface area contributed by atoms with E-state index in [2.05, 4.69) is 14.8 Å². The molecule has 1 fully saturated rings. The minimum atomic E-state index is -0.512. The number of hydrogen-bond acceptors (Lipinski definition) is 5. The van der Waals surface area contributed by atoms with Crippen molar-refractivity contribution >= 4 is 16.9 Å². The van der Waals surface area contributed by atoms with Gasteiger partial charge >= 0.3 is 5.76 Å². The number of benzene rings is 2. The summed E-state index contributed by atoms with van der Waals surface area (Å²) in [5, 5.41) is 0. The number of piperazine rings is 1. The number of rotatable bonds is 7. The van der Waals surface area contributed by atoms with Gasteiger partial charge in [-0.3, -0.25) is 9.78 Å². The number of ketones is 1. The molecule has 1 N–H and O–H groups in total. The Morgan fingerprint density at radius 1 is 1.00 bits per heavy atom. The van der Waals surface area contributed by atoms with Crippen LogP contribution in [0.2, 0.25) is 0 Å². The van der Waals surface area contributed by atoms with Gasteiger partial charge in [-0.2, -0.15) is 0 Å². The van der Waals surface area contributed by atoms with Crippen LogP contribution in [0.3, 0.4) is 0 Å². The summed E-state index contributed by atoms with van der Waals surface area (Å²) in [5.41, 5.74) is 2.73. The van der Waals surface area contributed by atoms with Crippen molar-refractivity contribution in [3.05, 3.63) is 70.0 Å². The van der Waals surface area contributed by atoms with Crippen LogP contribution in [0, 0.1) is 5.82 Å². The summed E-state index contributed by atoms with van der Waals surface area (Å²) in [6.45, 7) is 5.48. The van der Waals surface area contributed by atoms with Crippen molar-refractivity contribution in [2.45, 2.75) is 12.8 Å². The molecule has 1 saturated heterocycles. The Kier molecular flexibility index (Phi) is 5.87. The van der Waals surface area contributed by atoms with Crippen molar-refractivity contribution in [1.82, 2.24) is 14.8 Å². The summed E-state index contributed by atoms with van der Waals surface area (Å²) in [7, 11) is 0. The highest BCUT2D eigenvalue weighted by atomic mass is 19.1. The summed E-state index contributed by atoms with van der Waals surface area (Å²) < 4.78 is 18.0. The van der Waals surface area contributed by atoms with Gasteiger partial charge in [0, 0.05) is 51.3 Å². The largest absolute Gasteiger partial charge is 0.417 e. The summed E-state index contributed by atoms with van der Waals surface area (Å²) in [5.74, 6) is -0.661. The second kappa shape index (κ2) is 8.71. The number of nitrogens with one attached hydrogen (secondary N) is 1. The van der Waals surface area contributed by atoms with Gasteiger partial charge in [-0.15, -0.1) is 0 Å². The molecule has 0 amide bonds. The van der Waals surface area contributed by atoms with Gasteiger partial charge in [-0.1, -0.05) is 12.1 Å². The van der Waals surface area contributed by atoms with Crippen LogP contribution in [-0.4, -0.2) is 59.8 Å². The Labute approximate surface area is 167 Å². The minimum absolute atomic E-state index is 0.0505. The molecule has 0 bridgehead atoms. The molecule has 7 heteroatoms. The van der Waals surface area contributed by atoms with Crippen LogP contribution in [0.25, 0.3) is 11.1 Å². The van der Waals surface area contributed by atoms with Crippen molar-refractivity contribution in [2.75, 3.05) is 39.3 Å². The topological polar surface area (TPSA) is 69.6 Å². The number of aromatic amines is 1. The lowest BCUT2D eigenvalue weighted by Crippen LogP contribution is -2.47. The van der Waals surface area contributed by atoms with E-state index in [4.69, 9.17) is 4.42 Å². The van der Waals surface area contributed by atoms with Crippen LogP contribution in [-0.2, 0) is 6.42 Å². The van der Waals surface area contributed by atoms with Crippen LogP contribution in [0.5, 0.6) is 0 Å². The lowest BCUT2D eigenvalue weighted by Gasteiger charge is -2.34. The van der Waals surface area contributed by atoms with E-state index < -0.39 is 5.76 Å². The molecule has 152 valence electrons. The van der Waals surface area contributed by atoms with Gasteiger partial charge in [0.2, 0.25) is 0 Å². The predicted molar refractivity (Wildman–Crippen MR) is 109 cm³/mol. The molecule has 4 rings (SSSR count). The Bertz CT molecular complexity index is 1030. The van der Waals surface area contributed by atoms with Gasteiger partial charge in [0.05, 0.1) is 5.52 Å². The summed E-state index contributed by atoms with van der Waals surface area (Å²) in [6, 6.07) is 11.7. The maximum atomic E-state index is 13.0. The fourth-order valence-electron chi connectivity index (χ4n) is 3.70. The van der Waals surface area contributed by atoms with E-state index in [1.807, 2.05) is 12.1 Å². The summed E-state index contributed by atoms with van der Waals surface area (Å²) >= 11 is 0. The number of carbonyl (C=O) groups is 1. The number of nitrogens with zero attached hydrogens (tertiary/aromatic N) is 2. The zero-order chi connectivity index (χ0) is 20.2. The minimum Gasteiger partial charge on any atom is -0.408 e. The average Bonchev–Trinajstić information content (AvgIpc) is 3.11. The van der Waals surface area contributed by atoms with Crippen molar-refractivity contribution in [3.8, 4) is 0 Å². The fourth-order valence-corrected chi connectivity index (χ4v) is 3.70. The molecule has 2 aromatic carbocycles. The number of aromatic nitrogens is 1. The fraction of sp³-hybridized carbons (Fsp3) is 0.364. The molecule has 0 saturated carbocycles. The van der Waals surface area contributed by atoms with Gasteiger partial charge in [0.1, 0.15) is 5.82 Å². The molecule has 0 aliphatic carbocycles. The molecule has 1 aliphatic rings. The number of fused-ring (bicyclic) bond motifs is 1. The third kappa shape index (κ3) is 4.99. The Balaban J connectivity index is 1.21. The first-order valence-corrected chi connectivity index (χ1v) is 9.92. The number of H-pyrrole nitrogens is 1. The average molecular weight is 397 g/mol. The lowest BCUT2D eigenvalue weighted by atomic mass is 10.1. The van der Waals surface area contributed by atoms with Gasteiger partial charge in [0.25, 0.3) is 0 Å². The van der Waals surface area contributed by atoms with E-state index in [0.717, 1.165) is 51.3 Å². The molecular weight excluding hydrogens is 373 g/mol.